The number of ketones is 1. The van der Waals surface area contributed by atoms with E-state index in [9.17, 15) is 9.59 Å². The molecule has 0 radical (unpaired) electrons. The van der Waals surface area contributed by atoms with E-state index in [4.69, 9.17) is 10.00 Å². The highest BCUT2D eigenvalue weighted by molar-refractivity contribution is 5.95. The molecule has 0 bridgehead atoms. The van der Waals surface area contributed by atoms with Crippen molar-refractivity contribution in [1.29, 1.82) is 5.26 Å². The molecule has 5 heteroatoms. The number of benzene rings is 2. The Bertz CT molecular complexity index is 728. The average molecular weight is 308 g/mol. The lowest BCUT2D eigenvalue weighted by atomic mass is 10.1. The van der Waals surface area contributed by atoms with Crippen molar-refractivity contribution >= 4 is 17.4 Å². The van der Waals surface area contributed by atoms with Gasteiger partial charge in [-0.15, -0.1) is 0 Å². The van der Waals surface area contributed by atoms with Gasteiger partial charge in [0.25, 0.3) is 5.91 Å². The average Bonchev–Trinajstić information content (AvgIpc) is 2.55. The zero-order valence-electron chi connectivity index (χ0n) is 12.7. The first-order valence-corrected chi connectivity index (χ1v) is 7.08. The summed E-state index contributed by atoms with van der Waals surface area (Å²) in [6, 6.07) is 15.8. The van der Waals surface area contributed by atoms with Crippen molar-refractivity contribution in [2.45, 2.75) is 13.3 Å². The Hall–Kier alpha value is -3.13. The van der Waals surface area contributed by atoms with Crippen LogP contribution in [0.5, 0.6) is 5.75 Å². The third-order valence-electron chi connectivity index (χ3n) is 3.15. The Morgan fingerprint density at radius 2 is 1.74 bits per heavy atom. The van der Waals surface area contributed by atoms with Gasteiger partial charge < -0.3 is 10.1 Å². The normalized spacial score (nSPS) is 9.74. The van der Waals surface area contributed by atoms with Gasteiger partial charge >= 0.3 is 0 Å². The molecule has 0 atom stereocenters. The number of carbonyl (C=O) groups excluding carboxylic acids is 2. The number of hydrogen-bond acceptors (Lipinski definition) is 4. The number of nitrogens with zero attached hydrogens (tertiary/aromatic N) is 1. The molecule has 2 rings (SSSR count). The first-order valence-electron chi connectivity index (χ1n) is 7.08. The molecule has 0 aliphatic carbocycles. The number of nitrogens with one attached hydrogen (secondary N) is 1. The first-order chi connectivity index (χ1) is 11.1. The van der Waals surface area contributed by atoms with E-state index in [0.29, 0.717) is 23.4 Å². The van der Waals surface area contributed by atoms with Crippen molar-refractivity contribution in [3.8, 4) is 11.8 Å². The summed E-state index contributed by atoms with van der Waals surface area (Å²) in [7, 11) is 0. The lowest BCUT2D eigenvalue weighted by Crippen LogP contribution is -2.20. The fourth-order valence-corrected chi connectivity index (χ4v) is 1.93. The van der Waals surface area contributed by atoms with Gasteiger partial charge in [-0.25, -0.2) is 0 Å². The summed E-state index contributed by atoms with van der Waals surface area (Å²) in [5.74, 6) is 0.251. The summed E-state index contributed by atoms with van der Waals surface area (Å²) in [6.45, 7) is 1.37. The van der Waals surface area contributed by atoms with Crippen LogP contribution in [-0.4, -0.2) is 18.3 Å². The van der Waals surface area contributed by atoms with Crippen LogP contribution in [0.1, 0.15) is 22.8 Å². The van der Waals surface area contributed by atoms with Crippen LogP contribution in [-0.2, 0) is 11.2 Å². The smallest absolute Gasteiger partial charge is 0.262 e. The second-order valence-electron chi connectivity index (χ2n) is 4.95. The number of carbonyl (C=O) groups is 2. The van der Waals surface area contributed by atoms with Gasteiger partial charge in [0.1, 0.15) is 5.75 Å². The molecule has 2 aromatic carbocycles. The lowest BCUT2D eigenvalue weighted by Gasteiger charge is -2.08. The lowest BCUT2D eigenvalue weighted by molar-refractivity contribution is -0.118. The van der Waals surface area contributed by atoms with Gasteiger partial charge in [0.15, 0.2) is 12.4 Å². The monoisotopic (exact) mass is 308 g/mol. The van der Waals surface area contributed by atoms with Crippen molar-refractivity contribution in [3.63, 3.8) is 0 Å². The van der Waals surface area contributed by atoms with E-state index in [1.54, 1.807) is 48.5 Å². The second kappa shape index (κ2) is 7.76. The van der Waals surface area contributed by atoms with Crippen molar-refractivity contribution in [2.24, 2.45) is 0 Å². The molecule has 0 aromatic heterocycles. The van der Waals surface area contributed by atoms with E-state index in [2.05, 4.69) is 11.4 Å². The molecule has 0 heterocycles. The van der Waals surface area contributed by atoms with Crippen molar-refractivity contribution in [2.75, 3.05) is 11.9 Å². The standard InChI is InChI=1S/C18H16N2O3/c1-13(21)15-4-6-16(7-5-15)20-18(22)12-23-17-8-2-14(3-9-17)10-11-19/h2-9H,10,12H2,1H3,(H,20,22). The van der Waals surface area contributed by atoms with Crippen LogP contribution < -0.4 is 10.1 Å². The van der Waals surface area contributed by atoms with Crippen LogP contribution in [0, 0.1) is 11.3 Å². The highest BCUT2D eigenvalue weighted by Gasteiger charge is 2.05. The van der Waals surface area contributed by atoms with E-state index in [1.165, 1.54) is 6.92 Å². The second-order valence-corrected chi connectivity index (χ2v) is 4.95. The summed E-state index contributed by atoms with van der Waals surface area (Å²) in [6.07, 6.45) is 0.344. The number of amides is 1. The number of nitriles is 1. The molecular formula is C18H16N2O3. The largest absolute Gasteiger partial charge is 0.484 e. The minimum absolute atomic E-state index is 0.0222. The molecule has 0 unspecified atom stereocenters. The van der Waals surface area contributed by atoms with Gasteiger partial charge in [-0.1, -0.05) is 12.1 Å². The van der Waals surface area contributed by atoms with E-state index in [0.717, 1.165) is 5.56 Å². The van der Waals surface area contributed by atoms with Gasteiger partial charge in [0, 0.05) is 11.3 Å². The number of anilines is 1. The minimum Gasteiger partial charge on any atom is -0.484 e. The summed E-state index contributed by atoms with van der Waals surface area (Å²) < 4.78 is 5.39. The fourth-order valence-electron chi connectivity index (χ4n) is 1.93. The Morgan fingerprint density at radius 1 is 1.09 bits per heavy atom. The molecule has 0 saturated carbocycles. The first kappa shape index (κ1) is 16.2. The van der Waals surface area contributed by atoms with Crippen LogP contribution in [0.2, 0.25) is 0 Å². The van der Waals surface area contributed by atoms with Crippen molar-refractivity contribution in [3.05, 3.63) is 59.7 Å². The predicted molar refractivity (Wildman–Crippen MR) is 86.3 cm³/mol. The SMILES string of the molecule is CC(=O)c1ccc(NC(=O)COc2ccc(CC#N)cc2)cc1. The third kappa shape index (κ3) is 4.97. The Morgan fingerprint density at radius 3 is 2.30 bits per heavy atom. The molecular weight excluding hydrogens is 292 g/mol. The summed E-state index contributed by atoms with van der Waals surface area (Å²) in [5, 5.41) is 11.3. The molecule has 1 N–H and O–H groups in total. The zero-order valence-corrected chi connectivity index (χ0v) is 12.7. The predicted octanol–water partition coefficient (Wildman–Crippen LogP) is 2.97. The van der Waals surface area contributed by atoms with Gasteiger partial charge in [-0.05, 0) is 48.9 Å². The summed E-state index contributed by atoms with van der Waals surface area (Å²) in [4.78, 5) is 23.0. The van der Waals surface area contributed by atoms with E-state index < -0.39 is 0 Å². The van der Waals surface area contributed by atoms with Crippen LogP contribution in [0.4, 0.5) is 5.69 Å². The molecule has 2 aromatic rings. The maximum atomic E-state index is 11.8. The van der Waals surface area contributed by atoms with Gasteiger partial charge in [-0.2, -0.15) is 5.26 Å². The Labute approximate surface area is 134 Å². The third-order valence-corrected chi connectivity index (χ3v) is 3.15. The maximum absolute atomic E-state index is 11.8. The highest BCUT2D eigenvalue weighted by atomic mass is 16.5. The number of ether oxygens (including phenoxy) is 1. The summed E-state index contributed by atoms with van der Waals surface area (Å²) in [5.41, 5.74) is 2.10. The zero-order chi connectivity index (χ0) is 16.7. The summed E-state index contributed by atoms with van der Waals surface area (Å²) >= 11 is 0. The highest BCUT2D eigenvalue weighted by Crippen LogP contribution is 2.13. The van der Waals surface area contributed by atoms with E-state index in [-0.39, 0.29) is 18.3 Å². The quantitative estimate of drug-likeness (QED) is 0.832. The fraction of sp³-hybridized carbons (Fsp3) is 0.167. The Kier molecular flexibility index (Phi) is 5.48. The minimum atomic E-state index is -0.290. The molecule has 0 aliphatic heterocycles. The topological polar surface area (TPSA) is 79.2 Å². The van der Waals surface area contributed by atoms with Crippen molar-refractivity contribution < 1.29 is 14.3 Å². The van der Waals surface area contributed by atoms with Gasteiger partial charge in [0.05, 0.1) is 12.5 Å². The molecule has 23 heavy (non-hydrogen) atoms. The van der Waals surface area contributed by atoms with E-state index in [1.807, 2.05) is 0 Å². The molecule has 0 saturated heterocycles. The number of hydrogen-bond donors (Lipinski definition) is 1. The van der Waals surface area contributed by atoms with Gasteiger partial charge in [-0.3, -0.25) is 9.59 Å². The van der Waals surface area contributed by atoms with Crippen LogP contribution >= 0.6 is 0 Å². The number of rotatable bonds is 6. The molecule has 116 valence electrons. The molecule has 0 aliphatic rings. The van der Waals surface area contributed by atoms with Crippen molar-refractivity contribution in [1.82, 2.24) is 0 Å². The maximum Gasteiger partial charge on any atom is 0.262 e. The molecule has 5 nitrogen and oxygen atoms in total. The van der Waals surface area contributed by atoms with Gasteiger partial charge in [0.2, 0.25) is 0 Å². The van der Waals surface area contributed by atoms with Crippen LogP contribution in [0.3, 0.4) is 0 Å². The molecule has 0 fully saturated rings. The molecule has 1 amide bonds. The number of Topliss-reactive ketones (excluding diaryl/α,β-unsaturated/α-hetero) is 1. The van der Waals surface area contributed by atoms with Crippen LogP contribution in [0.25, 0.3) is 0 Å². The molecule has 0 spiro atoms. The van der Waals surface area contributed by atoms with E-state index >= 15 is 0 Å². The Balaban J connectivity index is 1.85. The van der Waals surface area contributed by atoms with Crippen LogP contribution in [0.15, 0.2) is 48.5 Å².